The van der Waals surface area contributed by atoms with Gasteiger partial charge in [0.15, 0.2) is 0 Å². The molecule has 0 aliphatic carbocycles. The molecule has 0 bridgehead atoms. The highest BCUT2D eigenvalue weighted by atomic mass is 16.6. The van der Waals surface area contributed by atoms with Crippen LogP contribution in [0.25, 0.3) is 0 Å². The van der Waals surface area contributed by atoms with E-state index in [1.165, 1.54) is 0 Å². The van der Waals surface area contributed by atoms with E-state index in [-0.39, 0.29) is 36.7 Å². The van der Waals surface area contributed by atoms with Crippen LogP contribution in [0.2, 0.25) is 0 Å². The van der Waals surface area contributed by atoms with Crippen molar-refractivity contribution >= 4 is 18.7 Å². The normalized spacial score (nSPS) is 33.9. The Labute approximate surface area is 111 Å². The first kappa shape index (κ1) is 14.0. The molecule has 0 spiro atoms. The maximum Gasteiger partial charge on any atom is 0.404 e. The van der Waals surface area contributed by atoms with Crippen molar-refractivity contribution in [3.63, 3.8) is 0 Å². The first-order chi connectivity index (χ1) is 9.08. The van der Waals surface area contributed by atoms with Crippen molar-refractivity contribution in [2.24, 2.45) is 10.9 Å². The number of likely N-dealkylation sites (tertiary alicyclic amines) is 1. The van der Waals surface area contributed by atoms with Gasteiger partial charge in [0, 0.05) is 6.54 Å². The molecular weight excluding hydrogens is 250 g/mol. The van der Waals surface area contributed by atoms with Crippen molar-refractivity contribution in [1.29, 1.82) is 0 Å². The number of amides is 2. The van der Waals surface area contributed by atoms with E-state index in [0.717, 1.165) is 19.4 Å². The SMILES string of the molecule is C=NC(=O)[C@@H]1[C@H](CC)CCN1C1OC1CNC(=O)O. The lowest BCUT2D eigenvalue weighted by Crippen LogP contribution is -2.42. The third kappa shape index (κ3) is 2.93. The number of carbonyl (C=O) groups excluding carboxylic acids is 1. The van der Waals surface area contributed by atoms with Gasteiger partial charge in [0.1, 0.15) is 12.3 Å². The van der Waals surface area contributed by atoms with Gasteiger partial charge in [-0.25, -0.2) is 9.79 Å². The molecule has 4 atom stereocenters. The number of hydrogen-bond donors (Lipinski definition) is 2. The number of nitrogens with zero attached hydrogens (tertiary/aromatic N) is 2. The molecule has 106 valence electrons. The number of nitrogens with one attached hydrogen (secondary N) is 1. The van der Waals surface area contributed by atoms with Gasteiger partial charge in [-0.1, -0.05) is 13.3 Å². The Morgan fingerprint density at radius 3 is 2.89 bits per heavy atom. The summed E-state index contributed by atoms with van der Waals surface area (Å²) in [6, 6.07) is -0.276. The predicted molar refractivity (Wildman–Crippen MR) is 68.1 cm³/mol. The van der Waals surface area contributed by atoms with Crippen LogP contribution in [0.15, 0.2) is 4.99 Å². The van der Waals surface area contributed by atoms with E-state index in [1.807, 2.05) is 4.90 Å². The Bertz CT molecular complexity index is 387. The quantitative estimate of drug-likeness (QED) is 0.553. The van der Waals surface area contributed by atoms with Crippen LogP contribution in [0.4, 0.5) is 4.79 Å². The second kappa shape index (κ2) is 5.66. The maximum absolute atomic E-state index is 11.9. The third-order valence-corrected chi connectivity index (χ3v) is 3.83. The smallest absolute Gasteiger partial charge is 0.404 e. The van der Waals surface area contributed by atoms with Crippen molar-refractivity contribution in [2.75, 3.05) is 13.1 Å². The fourth-order valence-corrected chi connectivity index (χ4v) is 2.79. The fourth-order valence-electron chi connectivity index (χ4n) is 2.79. The summed E-state index contributed by atoms with van der Waals surface area (Å²) in [5, 5.41) is 10.8. The lowest BCUT2D eigenvalue weighted by atomic mass is 9.97. The highest BCUT2D eigenvalue weighted by molar-refractivity contribution is 5.86. The monoisotopic (exact) mass is 269 g/mol. The van der Waals surface area contributed by atoms with Crippen LogP contribution in [0.5, 0.6) is 0 Å². The summed E-state index contributed by atoms with van der Waals surface area (Å²) < 4.78 is 5.45. The van der Waals surface area contributed by atoms with Crippen molar-refractivity contribution in [3.8, 4) is 0 Å². The van der Waals surface area contributed by atoms with Gasteiger partial charge in [-0.15, -0.1) is 0 Å². The molecule has 2 aliphatic heterocycles. The summed E-state index contributed by atoms with van der Waals surface area (Å²) in [5.41, 5.74) is 0. The molecule has 0 radical (unpaired) electrons. The van der Waals surface area contributed by atoms with Gasteiger partial charge in [-0.3, -0.25) is 9.69 Å². The summed E-state index contributed by atoms with van der Waals surface area (Å²) in [5.74, 6) is 0.0556. The molecule has 2 saturated heterocycles. The molecule has 2 unspecified atom stereocenters. The zero-order chi connectivity index (χ0) is 14.0. The van der Waals surface area contributed by atoms with Crippen LogP contribution in [-0.2, 0) is 9.53 Å². The maximum atomic E-state index is 11.9. The van der Waals surface area contributed by atoms with Gasteiger partial charge in [0.05, 0.1) is 12.6 Å². The highest BCUT2D eigenvalue weighted by Crippen LogP contribution is 2.36. The summed E-state index contributed by atoms with van der Waals surface area (Å²) in [6.45, 7) is 6.38. The van der Waals surface area contributed by atoms with Crippen molar-refractivity contribution in [3.05, 3.63) is 0 Å². The topological polar surface area (TPSA) is 94.5 Å². The second-order valence-corrected chi connectivity index (χ2v) is 4.89. The molecule has 7 nitrogen and oxygen atoms in total. The molecule has 0 aromatic rings. The van der Waals surface area contributed by atoms with Gasteiger partial charge in [-0.05, 0) is 19.1 Å². The van der Waals surface area contributed by atoms with Crippen molar-refractivity contribution in [2.45, 2.75) is 38.1 Å². The number of rotatable bonds is 5. The Balaban J connectivity index is 1.95. The molecule has 2 N–H and O–H groups in total. The van der Waals surface area contributed by atoms with E-state index < -0.39 is 6.09 Å². The molecule has 2 amide bonds. The van der Waals surface area contributed by atoms with Gasteiger partial charge in [-0.2, -0.15) is 0 Å². The number of carboxylic acid groups (broad SMARTS) is 1. The zero-order valence-corrected chi connectivity index (χ0v) is 10.9. The van der Waals surface area contributed by atoms with Crippen LogP contribution in [0.3, 0.4) is 0 Å². The molecule has 19 heavy (non-hydrogen) atoms. The number of epoxide rings is 1. The minimum Gasteiger partial charge on any atom is -0.465 e. The standard InChI is InChI=1S/C12H19N3O4/c1-3-7-4-5-15(9(7)10(16)13-2)11-8(19-11)6-14-12(17)18/h7-9,11,14H,2-6H2,1H3,(H,17,18)/t7-,8?,9+,11?/m1/s1. The highest BCUT2D eigenvalue weighted by Gasteiger charge is 2.51. The minimum atomic E-state index is -1.07. The Morgan fingerprint density at radius 2 is 2.32 bits per heavy atom. The third-order valence-electron chi connectivity index (χ3n) is 3.83. The van der Waals surface area contributed by atoms with Gasteiger partial charge >= 0.3 is 6.09 Å². The molecule has 2 fully saturated rings. The van der Waals surface area contributed by atoms with E-state index in [9.17, 15) is 9.59 Å². The average Bonchev–Trinajstić information content (AvgIpc) is 3.04. The average molecular weight is 269 g/mol. The van der Waals surface area contributed by atoms with Gasteiger partial charge in [0.25, 0.3) is 5.91 Å². The van der Waals surface area contributed by atoms with E-state index >= 15 is 0 Å². The van der Waals surface area contributed by atoms with Crippen LogP contribution in [-0.4, -0.2) is 60.2 Å². The van der Waals surface area contributed by atoms with Crippen LogP contribution in [0, 0.1) is 5.92 Å². The van der Waals surface area contributed by atoms with E-state index in [2.05, 4.69) is 24.0 Å². The Kier molecular flexibility index (Phi) is 4.16. The number of aliphatic imine (C=N–C) groups is 1. The van der Waals surface area contributed by atoms with Gasteiger partial charge in [0.2, 0.25) is 0 Å². The van der Waals surface area contributed by atoms with E-state index in [0.29, 0.717) is 0 Å². The van der Waals surface area contributed by atoms with E-state index in [1.54, 1.807) is 0 Å². The Hall–Kier alpha value is -1.47. The Morgan fingerprint density at radius 1 is 1.58 bits per heavy atom. The summed E-state index contributed by atoms with van der Waals surface area (Å²) in [4.78, 5) is 27.8. The first-order valence-electron chi connectivity index (χ1n) is 6.47. The zero-order valence-electron chi connectivity index (χ0n) is 10.9. The molecular formula is C12H19N3O4. The van der Waals surface area contributed by atoms with Crippen molar-refractivity contribution < 1.29 is 19.4 Å². The molecule has 2 rings (SSSR count). The number of ether oxygens (including phenoxy) is 1. The first-order valence-corrected chi connectivity index (χ1v) is 6.47. The molecule has 0 aromatic carbocycles. The molecule has 0 aromatic heterocycles. The summed E-state index contributed by atoms with van der Waals surface area (Å²) in [7, 11) is 0. The van der Waals surface area contributed by atoms with Crippen LogP contribution < -0.4 is 5.32 Å². The van der Waals surface area contributed by atoms with Crippen molar-refractivity contribution in [1.82, 2.24) is 10.2 Å². The molecule has 2 aliphatic rings. The lowest BCUT2D eigenvalue weighted by Gasteiger charge is -2.23. The summed E-state index contributed by atoms with van der Waals surface area (Å²) in [6.07, 6.45) is 0.419. The summed E-state index contributed by atoms with van der Waals surface area (Å²) >= 11 is 0. The second-order valence-electron chi connectivity index (χ2n) is 4.89. The van der Waals surface area contributed by atoms with E-state index in [4.69, 9.17) is 9.84 Å². The molecule has 2 heterocycles. The predicted octanol–water partition coefficient (Wildman–Crippen LogP) is 0.307. The lowest BCUT2D eigenvalue weighted by molar-refractivity contribution is -0.123. The molecule has 0 saturated carbocycles. The minimum absolute atomic E-state index is 0.174. The molecule has 7 heteroatoms. The van der Waals surface area contributed by atoms with Gasteiger partial charge < -0.3 is 15.2 Å². The largest absolute Gasteiger partial charge is 0.465 e. The number of carbonyl (C=O) groups is 2. The number of hydrogen-bond acceptors (Lipinski definition) is 4. The van der Waals surface area contributed by atoms with Crippen LogP contribution >= 0.6 is 0 Å². The fraction of sp³-hybridized carbons (Fsp3) is 0.750. The van der Waals surface area contributed by atoms with Crippen LogP contribution in [0.1, 0.15) is 19.8 Å².